The van der Waals surface area contributed by atoms with Crippen molar-refractivity contribution in [1.29, 1.82) is 0 Å². The minimum atomic E-state index is -0.584. The van der Waals surface area contributed by atoms with Crippen LogP contribution in [0.5, 0.6) is 0 Å². The highest BCUT2D eigenvalue weighted by Gasteiger charge is 2.17. The van der Waals surface area contributed by atoms with Gasteiger partial charge in [0.05, 0.1) is 0 Å². The standard InChI is InChI=1S/C17H19NO2S/c1-2-13-7-9-15(21-13)17(20)12-6-8-14-11(10-12)4-3-5-16(19)18-14/h6-10,17,20H,2-5H2,1H3,(H,18,19). The molecule has 2 aromatic rings. The van der Waals surface area contributed by atoms with Gasteiger partial charge in [-0.25, -0.2) is 0 Å². The normalized spacial score (nSPS) is 16.0. The molecule has 2 heterocycles. The first-order valence-electron chi connectivity index (χ1n) is 7.36. The fourth-order valence-corrected chi connectivity index (χ4v) is 3.63. The van der Waals surface area contributed by atoms with Crippen LogP contribution in [-0.4, -0.2) is 11.0 Å². The Hall–Kier alpha value is -1.65. The zero-order chi connectivity index (χ0) is 14.8. The van der Waals surface area contributed by atoms with Gasteiger partial charge in [0.15, 0.2) is 0 Å². The van der Waals surface area contributed by atoms with Gasteiger partial charge in [0.25, 0.3) is 0 Å². The van der Waals surface area contributed by atoms with Crippen LogP contribution in [0.15, 0.2) is 30.3 Å². The summed E-state index contributed by atoms with van der Waals surface area (Å²) in [5.41, 5.74) is 2.90. The molecule has 0 spiro atoms. The van der Waals surface area contributed by atoms with Crippen LogP contribution in [0.25, 0.3) is 0 Å². The van der Waals surface area contributed by atoms with Crippen molar-refractivity contribution in [2.24, 2.45) is 0 Å². The van der Waals surface area contributed by atoms with Gasteiger partial charge in [0.2, 0.25) is 5.91 Å². The van der Waals surface area contributed by atoms with Gasteiger partial charge in [0, 0.05) is 21.9 Å². The van der Waals surface area contributed by atoms with Crippen molar-refractivity contribution in [2.45, 2.75) is 38.7 Å². The summed E-state index contributed by atoms with van der Waals surface area (Å²) in [6.45, 7) is 2.12. The molecule has 3 nitrogen and oxygen atoms in total. The average molecular weight is 301 g/mol. The molecule has 1 aromatic heterocycles. The topological polar surface area (TPSA) is 49.3 Å². The monoisotopic (exact) mass is 301 g/mol. The number of aliphatic hydroxyl groups is 1. The first-order chi connectivity index (χ1) is 10.2. The number of hydrogen-bond acceptors (Lipinski definition) is 3. The van der Waals surface area contributed by atoms with Crippen molar-refractivity contribution >= 4 is 22.9 Å². The van der Waals surface area contributed by atoms with Crippen LogP contribution in [-0.2, 0) is 17.6 Å². The molecule has 0 fully saturated rings. The third-order valence-corrected chi connectivity index (χ3v) is 5.15. The Morgan fingerprint density at radius 3 is 2.90 bits per heavy atom. The second-order valence-corrected chi connectivity index (χ2v) is 6.58. The molecule has 1 aliphatic rings. The number of thiophene rings is 1. The summed E-state index contributed by atoms with van der Waals surface area (Å²) < 4.78 is 0. The van der Waals surface area contributed by atoms with Gasteiger partial charge < -0.3 is 10.4 Å². The highest BCUT2D eigenvalue weighted by molar-refractivity contribution is 7.12. The summed E-state index contributed by atoms with van der Waals surface area (Å²) in [6, 6.07) is 9.91. The van der Waals surface area contributed by atoms with Gasteiger partial charge in [-0.3, -0.25) is 4.79 Å². The SMILES string of the molecule is CCc1ccc(C(O)c2ccc3c(c2)CCCC(=O)N3)s1. The van der Waals surface area contributed by atoms with Crippen molar-refractivity contribution in [2.75, 3.05) is 5.32 Å². The van der Waals surface area contributed by atoms with Crippen LogP contribution in [0.4, 0.5) is 5.69 Å². The van der Waals surface area contributed by atoms with Gasteiger partial charge in [-0.2, -0.15) is 0 Å². The van der Waals surface area contributed by atoms with Crippen LogP contribution in [0, 0.1) is 0 Å². The van der Waals surface area contributed by atoms with Crippen molar-refractivity contribution in [3.05, 3.63) is 51.2 Å². The van der Waals surface area contributed by atoms with Gasteiger partial charge in [0.1, 0.15) is 6.10 Å². The van der Waals surface area contributed by atoms with Gasteiger partial charge in [-0.1, -0.05) is 19.1 Å². The lowest BCUT2D eigenvalue weighted by atomic mass is 10.0. The van der Waals surface area contributed by atoms with Crippen molar-refractivity contribution < 1.29 is 9.90 Å². The molecule has 1 unspecified atom stereocenters. The molecule has 1 aliphatic heterocycles. The summed E-state index contributed by atoms with van der Waals surface area (Å²) in [5.74, 6) is 0.0768. The number of rotatable bonds is 3. The van der Waals surface area contributed by atoms with E-state index in [0.29, 0.717) is 6.42 Å². The van der Waals surface area contributed by atoms with Crippen molar-refractivity contribution in [3.8, 4) is 0 Å². The Labute approximate surface area is 128 Å². The minimum absolute atomic E-state index is 0.0768. The second-order valence-electron chi connectivity index (χ2n) is 5.38. The first kappa shape index (κ1) is 14.3. The maximum Gasteiger partial charge on any atom is 0.224 e. The molecule has 110 valence electrons. The van der Waals surface area contributed by atoms with E-state index in [1.165, 1.54) is 4.88 Å². The number of anilines is 1. The summed E-state index contributed by atoms with van der Waals surface area (Å²) in [7, 11) is 0. The minimum Gasteiger partial charge on any atom is -0.383 e. The molecule has 1 amide bonds. The Morgan fingerprint density at radius 2 is 2.14 bits per heavy atom. The van der Waals surface area contributed by atoms with Gasteiger partial charge in [-0.05, 0) is 48.6 Å². The molecular weight excluding hydrogens is 282 g/mol. The molecule has 1 atom stereocenters. The highest BCUT2D eigenvalue weighted by atomic mass is 32.1. The number of nitrogens with one attached hydrogen (secondary N) is 1. The molecule has 0 radical (unpaired) electrons. The number of hydrogen-bond donors (Lipinski definition) is 2. The molecule has 0 aliphatic carbocycles. The third-order valence-electron chi connectivity index (χ3n) is 3.87. The van der Waals surface area contributed by atoms with Gasteiger partial charge >= 0.3 is 0 Å². The maximum atomic E-state index is 11.6. The summed E-state index contributed by atoms with van der Waals surface area (Å²) in [4.78, 5) is 13.8. The lowest BCUT2D eigenvalue weighted by Gasteiger charge is -2.13. The van der Waals surface area contributed by atoms with E-state index >= 15 is 0 Å². The zero-order valence-corrected chi connectivity index (χ0v) is 12.9. The number of aliphatic hydroxyl groups excluding tert-OH is 1. The van der Waals surface area contributed by atoms with E-state index in [1.807, 2.05) is 24.3 Å². The lowest BCUT2D eigenvalue weighted by molar-refractivity contribution is -0.116. The Bertz CT molecular complexity index is 663. The molecule has 0 bridgehead atoms. The predicted molar refractivity (Wildman–Crippen MR) is 85.8 cm³/mol. The molecule has 0 saturated heterocycles. The van der Waals surface area contributed by atoms with E-state index in [2.05, 4.69) is 18.3 Å². The molecule has 4 heteroatoms. The Balaban J connectivity index is 1.89. The molecule has 21 heavy (non-hydrogen) atoms. The number of amides is 1. The van der Waals surface area contributed by atoms with E-state index in [9.17, 15) is 9.90 Å². The molecule has 2 N–H and O–H groups in total. The highest BCUT2D eigenvalue weighted by Crippen LogP contribution is 2.32. The summed E-state index contributed by atoms with van der Waals surface area (Å²) >= 11 is 1.66. The number of fused-ring (bicyclic) bond motifs is 1. The van der Waals surface area contributed by atoms with Crippen molar-refractivity contribution in [3.63, 3.8) is 0 Å². The molecule has 0 saturated carbocycles. The van der Waals surface area contributed by atoms with E-state index in [0.717, 1.165) is 41.0 Å². The average Bonchev–Trinajstić information content (AvgIpc) is 2.89. The Morgan fingerprint density at radius 1 is 1.29 bits per heavy atom. The van der Waals surface area contributed by atoms with Crippen LogP contribution in [0.3, 0.4) is 0 Å². The molecule has 3 rings (SSSR count). The fourth-order valence-electron chi connectivity index (χ4n) is 2.66. The number of carbonyl (C=O) groups is 1. The lowest BCUT2D eigenvalue weighted by Crippen LogP contribution is -2.09. The number of carbonyl (C=O) groups excluding carboxylic acids is 1. The van der Waals surface area contributed by atoms with Crippen LogP contribution >= 0.6 is 11.3 Å². The van der Waals surface area contributed by atoms with Crippen LogP contribution in [0.1, 0.15) is 46.8 Å². The fraction of sp³-hybridized carbons (Fsp3) is 0.353. The van der Waals surface area contributed by atoms with Crippen LogP contribution in [0.2, 0.25) is 0 Å². The van der Waals surface area contributed by atoms with E-state index < -0.39 is 6.10 Å². The summed E-state index contributed by atoms with van der Waals surface area (Å²) in [5, 5.41) is 13.5. The number of benzene rings is 1. The molecular formula is C17H19NO2S. The maximum absolute atomic E-state index is 11.6. The largest absolute Gasteiger partial charge is 0.383 e. The summed E-state index contributed by atoms with van der Waals surface area (Å²) in [6.07, 6.45) is 2.71. The smallest absolute Gasteiger partial charge is 0.224 e. The zero-order valence-electron chi connectivity index (χ0n) is 12.1. The van der Waals surface area contributed by atoms with Crippen molar-refractivity contribution in [1.82, 2.24) is 0 Å². The van der Waals surface area contributed by atoms with Crippen LogP contribution < -0.4 is 5.32 Å². The Kier molecular flexibility index (Phi) is 4.08. The van der Waals surface area contributed by atoms with Gasteiger partial charge in [-0.15, -0.1) is 11.3 Å². The first-order valence-corrected chi connectivity index (χ1v) is 8.18. The quantitative estimate of drug-likeness (QED) is 0.909. The van der Waals surface area contributed by atoms with E-state index in [1.54, 1.807) is 11.3 Å². The number of aryl methyl sites for hydroxylation is 2. The van der Waals surface area contributed by atoms with E-state index in [4.69, 9.17) is 0 Å². The second kappa shape index (κ2) is 6.00. The predicted octanol–water partition coefficient (Wildman–Crippen LogP) is 3.67. The van der Waals surface area contributed by atoms with E-state index in [-0.39, 0.29) is 5.91 Å². The third kappa shape index (κ3) is 3.01. The molecule has 1 aromatic carbocycles.